The van der Waals surface area contributed by atoms with Crippen LogP contribution >= 0.6 is 0 Å². The third-order valence-corrected chi connectivity index (χ3v) is 4.24. The van der Waals surface area contributed by atoms with Crippen LogP contribution < -0.4 is 15.6 Å². The lowest BCUT2D eigenvalue weighted by Gasteiger charge is -2.09. The Kier molecular flexibility index (Phi) is 5.88. The molecule has 0 aliphatic heterocycles. The van der Waals surface area contributed by atoms with Gasteiger partial charge in [-0.2, -0.15) is 9.78 Å². The Balaban J connectivity index is 1.73. The molecule has 0 aliphatic rings. The summed E-state index contributed by atoms with van der Waals surface area (Å²) >= 11 is 0. The lowest BCUT2D eigenvalue weighted by atomic mass is 10.1. The quantitative estimate of drug-likeness (QED) is 0.654. The number of aromatic amines is 1. The molecule has 0 spiro atoms. The third kappa shape index (κ3) is 4.64. The highest BCUT2D eigenvalue weighted by atomic mass is 16.5. The summed E-state index contributed by atoms with van der Waals surface area (Å²) in [6, 6.07) is 10.8. The molecule has 1 amide bonds. The van der Waals surface area contributed by atoms with Crippen LogP contribution in [-0.4, -0.2) is 32.8 Å². The van der Waals surface area contributed by atoms with E-state index < -0.39 is 0 Å². The van der Waals surface area contributed by atoms with E-state index in [-0.39, 0.29) is 17.4 Å². The number of hydrogen-bond acceptors (Lipinski definition) is 5. The van der Waals surface area contributed by atoms with Gasteiger partial charge in [-0.1, -0.05) is 19.1 Å². The Morgan fingerprint density at radius 3 is 2.68 bits per heavy atom. The second kappa shape index (κ2) is 8.51. The van der Waals surface area contributed by atoms with Crippen molar-refractivity contribution in [2.45, 2.75) is 33.1 Å². The highest BCUT2D eigenvalue weighted by molar-refractivity contribution is 5.90. The Morgan fingerprint density at radius 2 is 2.00 bits per heavy atom. The van der Waals surface area contributed by atoms with Crippen molar-refractivity contribution in [3.63, 3.8) is 0 Å². The van der Waals surface area contributed by atoms with Gasteiger partial charge in [-0.25, -0.2) is 4.98 Å². The lowest BCUT2D eigenvalue weighted by Crippen LogP contribution is -2.19. The smallest absolute Gasteiger partial charge is 0.252 e. The molecule has 2 N–H and O–H groups in total. The molecular formula is C20H23N5O3. The van der Waals surface area contributed by atoms with Gasteiger partial charge < -0.3 is 10.1 Å². The number of anilines is 1. The molecule has 8 heteroatoms. The maximum Gasteiger partial charge on any atom is 0.252 e. The normalized spacial score (nSPS) is 10.7. The minimum atomic E-state index is -0.258. The van der Waals surface area contributed by atoms with E-state index in [0.717, 1.165) is 11.3 Å². The number of aryl methyl sites for hydroxylation is 3. The van der Waals surface area contributed by atoms with Crippen molar-refractivity contribution in [2.75, 3.05) is 12.4 Å². The molecule has 2 aromatic heterocycles. The molecule has 8 nitrogen and oxygen atoms in total. The Hall–Kier alpha value is -3.42. The molecule has 0 unspecified atom stereocenters. The SMILES string of the molecule is CCc1cc(=O)[nH]c(-n2nc(C)cc2NC(=O)CCc2ccc(OC)cc2)n1. The molecule has 0 atom stereocenters. The van der Waals surface area contributed by atoms with Crippen LogP contribution in [0, 0.1) is 6.92 Å². The van der Waals surface area contributed by atoms with Gasteiger partial charge in [-0.15, -0.1) is 0 Å². The summed E-state index contributed by atoms with van der Waals surface area (Å²) < 4.78 is 6.58. The number of nitrogens with zero attached hydrogens (tertiary/aromatic N) is 3. The molecule has 1 aromatic carbocycles. The molecule has 3 aromatic rings. The second-order valence-corrected chi connectivity index (χ2v) is 6.39. The first-order chi connectivity index (χ1) is 13.5. The van der Waals surface area contributed by atoms with E-state index in [4.69, 9.17) is 4.74 Å². The summed E-state index contributed by atoms with van der Waals surface area (Å²) in [6.07, 6.45) is 1.54. The van der Waals surface area contributed by atoms with Crippen LogP contribution in [0.2, 0.25) is 0 Å². The van der Waals surface area contributed by atoms with Crippen molar-refractivity contribution in [1.29, 1.82) is 0 Å². The lowest BCUT2D eigenvalue weighted by molar-refractivity contribution is -0.116. The number of benzene rings is 1. The number of carbonyl (C=O) groups is 1. The average Bonchev–Trinajstić information content (AvgIpc) is 3.06. The number of hydrogen-bond donors (Lipinski definition) is 2. The predicted molar refractivity (Wildman–Crippen MR) is 106 cm³/mol. The molecule has 28 heavy (non-hydrogen) atoms. The monoisotopic (exact) mass is 381 g/mol. The van der Waals surface area contributed by atoms with Gasteiger partial charge in [0.25, 0.3) is 5.56 Å². The summed E-state index contributed by atoms with van der Waals surface area (Å²) in [6.45, 7) is 3.73. The van der Waals surface area contributed by atoms with Crippen molar-refractivity contribution in [3.05, 3.63) is 63.7 Å². The van der Waals surface area contributed by atoms with Gasteiger partial charge in [0.05, 0.1) is 12.8 Å². The number of amides is 1. The van der Waals surface area contributed by atoms with E-state index in [1.54, 1.807) is 13.2 Å². The van der Waals surface area contributed by atoms with Gasteiger partial charge in [0.1, 0.15) is 11.6 Å². The first-order valence-corrected chi connectivity index (χ1v) is 9.08. The topological polar surface area (TPSA) is 102 Å². The molecule has 0 aliphatic carbocycles. The first kappa shape index (κ1) is 19.3. The molecule has 2 heterocycles. The zero-order valence-electron chi connectivity index (χ0n) is 16.2. The second-order valence-electron chi connectivity index (χ2n) is 6.39. The van der Waals surface area contributed by atoms with Crippen LogP contribution in [0.25, 0.3) is 5.95 Å². The van der Waals surface area contributed by atoms with E-state index in [1.807, 2.05) is 38.1 Å². The van der Waals surface area contributed by atoms with Crippen LogP contribution in [0.3, 0.4) is 0 Å². The molecule has 0 saturated heterocycles. The van der Waals surface area contributed by atoms with Crippen LogP contribution in [0.4, 0.5) is 5.82 Å². The maximum atomic E-state index is 12.4. The molecule has 0 bridgehead atoms. The largest absolute Gasteiger partial charge is 0.497 e. The standard InChI is InChI=1S/C20H23N5O3/c1-4-15-12-19(27)23-20(21-15)25-17(11-13(2)24-25)22-18(26)10-7-14-5-8-16(28-3)9-6-14/h5-6,8-9,11-12H,4,7,10H2,1-3H3,(H,22,26)(H,21,23,27). The summed E-state index contributed by atoms with van der Waals surface area (Å²) in [5.41, 5.74) is 2.15. The average molecular weight is 381 g/mol. The van der Waals surface area contributed by atoms with E-state index in [9.17, 15) is 9.59 Å². The van der Waals surface area contributed by atoms with Crippen LogP contribution in [-0.2, 0) is 17.6 Å². The van der Waals surface area contributed by atoms with E-state index in [2.05, 4.69) is 20.4 Å². The summed E-state index contributed by atoms with van der Waals surface area (Å²) in [4.78, 5) is 31.3. The Morgan fingerprint density at radius 1 is 1.25 bits per heavy atom. The number of nitrogens with one attached hydrogen (secondary N) is 2. The number of aromatic nitrogens is 4. The van der Waals surface area contributed by atoms with Crippen molar-refractivity contribution < 1.29 is 9.53 Å². The van der Waals surface area contributed by atoms with Gasteiger partial charge in [-0.05, 0) is 37.5 Å². The zero-order valence-corrected chi connectivity index (χ0v) is 16.2. The van der Waals surface area contributed by atoms with E-state index >= 15 is 0 Å². The highest BCUT2D eigenvalue weighted by Crippen LogP contribution is 2.16. The number of H-pyrrole nitrogens is 1. The van der Waals surface area contributed by atoms with E-state index in [1.165, 1.54) is 10.7 Å². The number of carbonyl (C=O) groups excluding carboxylic acids is 1. The zero-order chi connectivity index (χ0) is 20.1. The van der Waals surface area contributed by atoms with Gasteiger partial charge in [-0.3, -0.25) is 14.6 Å². The first-order valence-electron chi connectivity index (χ1n) is 9.08. The third-order valence-electron chi connectivity index (χ3n) is 4.24. The maximum absolute atomic E-state index is 12.4. The predicted octanol–water partition coefficient (Wildman–Crippen LogP) is 2.41. The summed E-state index contributed by atoms with van der Waals surface area (Å²) in [5, 5.41) is 7.20. The van der Waals surface area contributed by atoms with Crippen molar-refractivity contribution in [3.8, 4) is 11.7 Å². The van der Waals surface area contributed by atoms with Crippen molar-refractivity contribution in [2.24, 2.45) is 0 Å². The molecular weight excluding hydrogens is 358 g/mol. The molecule has 3 rings (SSSR count). The van der Waals surface area contributed by atoms with Gasteiger partial charge in [0.15, 0.2) is 0 Å². The molecule has 146 valence electrons. The Labute approximate surface area is 162 Å². The van der Waals surface area contributed by atoms with E-state index in [0.29, 0.717) is 36.5 Å². The minimum Gasteiger partial charge on any atom is -0.497 e. The van der Waals surface area contributed by atoms with Crippen LogP contribution in [0.5, 0.6) is 5.75 Å². The highest BCUT2D eigenvalue weighted by Gasteiger charge is 2.13. The van der Waals surface area contributed by atoms with Crippen molar-refractivity contribution >= 4 is 11.7 Å². The Bertz CT molecular complexity index is 1020. The number of ether oxygens (including phenoxy) is 1. The molecule has 0 saturated carbocycles. The molecule has 0 fully saturated rings. The van der Waals surface area contributed by atoms with Gasteiger partial charge >= 0.3 is 0 Å². The number of rotatable bonds is 7. The fraction of sp³-hybridized carbons (Fsp3) is 0.300. The van der Waals surface area contributed by atoms with Crippen molar-refractivity contribution in [1.82, 2.24) is 19.7 Å². The fourth-order valence-corrected chi connectivity index (χ4v) is 2.78. The number of methoxy groups -OCH3 is 1. The minimum absolute atomic E-state index is 0.147. The summed E-state index contributed by atoms with van der Waals surface area (Å²) in [7, 11) is 1.62. The fourth-order valence-electron chi connectivity index (χ4n) is 2.78. The van der Waals surface area contributed by atoms with Gasteiger partial charge in [0.2, 0.25) is 11.9 Å². The van der Waals surface area contributed by atoms with Crippen LogP contribution in [0.1, 0.15) is 30.3 Å². The van der Waals surface area contributed by atoms with Crippen LogP contribution in [0.15, 0.2) is 41.2 Å². The summed E-state index contributed by atoms with van der Waals surface area (Å²) in [5.74, 6) is 1.38. The molecule has 0 radical (unpaired) electrons. The van der Waals surface area contributed by atoms with Gasteiger partial charge in [0, 0.05) is 24.2 Å².